The molecule has 1 heterocycles. The average molecular weight is 379 g/mol. The average Bonchev–Trinajstić information content (AvgIpc) is 3.16. The van der Waals surface area contributed by atoms with Crippen LogP contribution in [0.1, 0.15) is 33.7 Å². The molecule has 0 radical (unpaired) electrons. The zero-order chi connectivity index (χ0) is 19.9. The van der Waals surface area contributed by atoms with Crippen LogP contribution in [0.15, 0.2) is 53.1 Å². The first kappa shape index (κ1) is 19.3. The fourth-order valence-corrected chi connectivity index (χ4v) is 2.54. The van der Waals surface area contributed by atoms with E-state index in [1.165, 1.54) is 0 Å². The van der Waals surface area contributed by atoms with Crippen molar-refractivity contribution in [3.05, 3.63) is 71.0 Å². The topological polar surface area (TPSA) is 94.3 Å². The molecule has 0 spiro atoms. The third kappa shape index (κ3) is 5.03. The van der Waals surface area contributed by atoms with E-state index in [0.717, 1.165) is 16.7 Å². The Labute approximate surface area is 162 Å². The summed E-state index contributed by atoms with van der Waals surface area (Å²) in [5.74, 6) is -0.0111. The molecule has 28 heavy (non-hydrogen) atoms. The van der Waals surface area contributed by atoms with Gasteiger partial charge in [0.2, 0.25) is 5.82 Å². The van der Waals surface area contributed by atoms with E-state index in [9.17, 15) is 9.59 Å². The summed E-state index contributed by atoms with van der Waals surface area (Å²) < 4.78 is 10.3. The van der Waals surface area contributed by atoms with Crippen molar-refractivity contribution in [2.75, 3.05) is 6.54 Å². The van der Waals surface area contributed by atoms with E-state index < -0.39 is 5.97 Å². The van der Waals surface area contributed by atoms with E-state index in [1.54, 1.807) is 12.1 Å². The minimum Gasteiger partial charge on any atom is -0.457 e. The number of esters is 1. The van der Waals surface area contributed by atoms with Gasteiger partial charge in [-0.2, -0.15) is 4.98 Å². The first-order valence-electron chi connectivity index (χ1n) is 8.92. The van der Waals surface area contributed by atoms with Crippen LogP contribution in [0.3, 0.4) is 0 Å². The van der Waals surface area contributed by atoms with Crippen LogP contribution in [0.25, 0.3) is 11.5 Å². The van der Waals surface area contributed by atoms with Crippen LogP contribution in [0.5, 0.6) is 0 Å². The largest absolute Gasteiger partial charge is 0.457 e. The monoisotopic (exact) mass is 379 g/mol. The summed E-state index contributed by atoms with van der Waals surface area (Å²) in [6, 6.07) is 14.9. The standard InChI is InChI=1S/C21H21N3O4/c1-14-7-9-16(10-8-14)21-23-18(24-28-21)13-27-19(25)11-12-22-20(26)17-6-4-3-5-15(17)2/h3-10H,11-13H2,1-2H3,(H,22,26). The van der Waals surface area contributed by atoms with Gasteiger partial charge in [-0.1, -0.05) is 41.1 Å². The third-order valence-corrected chi connectivity index (χ3v) is 4.13. The van der Waals surface area contributed by atoms with Gasteiger partial charge in [0, 0.05) is 17.7 Å². The van der Waals surface area contributed by atoms with Gasteiger partial charge in [0.05, 0.1) is 6.42 Å². The van der Waals surface area contributed by atoms with E-state index in [0.29, 0.717) is 11.5 Å². The third-order valence-electron chi connectivity index (χ3n) is 4.13. The highest BCUT2D eigenvalue weighted by Crippen LogP contribution is 2.17. The lowest BCUT2D eigenvalue weighted by molar-refractivity contribution is -0.145. The van der Waals surface area contributed by atoms with Crippen LogP contribution in [-0.2, 0) is 16.1 Å². The molecule has 0 aliphatic rings. The number of aryl methyl sites for hydroxylation is 2. The lowest BCUT2D eigenvalue weighted by Crippen LogP contribution is -2.27. The number of ether oxygens (including phenoxy) is 1. The number of hydrogen-bond acceptors (Lipinski definition) is 6. The fourth-order valence-electron chi connectivity index (χ4n) is 2.54. The molecular weight excluding hydrogens is 358 g/mol. The van der Waals surface area contributed by atoms with Gasteiger partial charge < -0.3 is 14.6 Å². The summed E-state index contributed by atoms with van der Waals surface area (Å²) in [6.45, 7) is 3.96. The van der Waals surface area contributed by atoms with Gasteiger partial charge in [0.15, 0.2) is 6.61 Å². The zero-order valence-electron chi connectivity index (χ0n) is 15.8. The molecule has 0 aliphatic carbocycles. The van der Waals surface area contributed by atoms with Crippen LogP contribution in [0.2, 0.25) is 0 Å². The smallest absolute Gasteiger partial charge is 0.308 e. The highest BCUT2D eigenvalue weighted by atomic mass is 16.5. The number of hydrogen-bond donors (Lipinski definition) is 1. The summed E-state index contributed by atoms with van der Waals surface area (Å²) >= 11 is 0. The van der Waals surface area contributed by atoms with Crippen LogP contribution in [0, 0.1) is 13.8 Å². The Morgan fingerprint density at radius 1 is 1.07 bits per heavy atom. The Bertz CT molecular complexity index is 964. The maximum atomic E-state index is 12.1. The van der Waals surface area contributed by atoms with Gasteiger partial charge in [-0.25, -0.2) is 0 Å². The molecule has 144 valence electrons. The zero-order valence-corrected chi connectivity index (χ0v) is 15.8. The van der Waals surface area contributed by atoms with E-state index in [1.807, 2.05) is 50.2 Å². The number of carbonyl (C=O) groups excluding carboxylic acids is 2. The first-order chi connectivity index (χ1) is 13.5. The minimum absolute atomic E-state index is 0.0558. The van der Waals surface area contributed by atoms with E-state index in [4.69, 9.17) is 9.26 Å². The molecule has 0 atom stereocenters. The molecule has 0 saturated carbocycles. The highest BCUT2D eigenvalue weighted by molar-refractivity contribution is 5.95. The highest BCUT2D eigenvalue weighted by Gasteiger charge is 2.12. The molecule has 3 aromatic rings. The van der Waals surface area contributed by atoms with Crippen molar-refractivity contribution >= 4 is 11.9 Å². The lowest BCUT2D eigenvalue weighted by Gasteiger charge is -2.07. The number of nitrogens with one attached hydrogen (secondary N) is 1. The molecule has 3 rings (SSSR count). The normalized spacial score (nSPS) is 10.5. The number of rotatable bonds is 7. The van der Waals surface area contributed by atoms with Crippen molar-refractivity contribution in [1.82, 2.24) is 15.5 Å². The fraction of sp³-hybridized carbons (Fsp3) is 0.238. The van der Waals surface area contributed by atoms with E-state index in [-0.39, 0.29) is 31.3 Å². The van der Waals surface area contributed by atoms with Crippen LogP contribution < -0.4 is 5.32 Å². The second-order valence-electron chi connectivity index (χ2n) is 6.36. The Balaban J connectivity index is 1.43. The Kier molecular flexibility index (Phi) is 6.16. The van der Waals surface area contributed by atoms with Gasteiger partial charge in [-0.05, 0) is 37.6 Å². The molecular formula is C21H21N3O4. The molecule has 0 saturated heterocycles. The van der Waals surface area contributed by atoms with Gasteiger partial charge in [-0.3, -0.25) is 9.59 Å². The van der Waals surface area contributed by atoms with E-state index in [2.05, 4.69) is 15.5 Å². The molecule has 0 fully saturated rings. The van der Waals surface area contributed by atoms with Crippen LogP contribution in [0.4, 0.5) is 0 Å². The number of benzene rings is 2. The van der Waals surface area contributed by atoms with Gasteiger partial charge in [0.25, 0.3) is 11.8 Å². The SMILES string of the molecule is Cc1ccc(-c2nc(COC(=O)CCNC(=O)c3ccccc3C)no2)cc1. The van der Waals surface area contributed by atoms with Crippen LogP contribution >= 0.6 is 0 Å². The summed E-state index contributed by atoms with van der Waals surface area (Å²) in [4.78, 5) is 28.2. The van der Waals surface area contributed by atoms with Gasteiger partial charge >= 0.3 is 5.97 Å². The predicted molar refractivity (Wildman–Crippen MR) is 102 cm³/mol. The van der Waals surface area contributed by atoms with Crippen molar-refractivity contribution in [1.29, 1.82) is 0 Å². The molecule has 0 bridgehead atoms. The molecule has 1 N–H and O–H groups in total. The Morgan fingerprint density at radius 2 is 1.82 bits per heavy atom. The molecule has 0 unspecified atom stereocenters. The molecule has 2 aromatic carbocycles. The number of nitrogens with zero attached hydrogens (tertiary/aromatic N) is 2. The summed E-state index contributed by atoms with van der Waals surface area (Å²) in [5.41, 5.74) is 3.40. The Morgan fingerprint density at radius 3 is 2.57 bits per heavy atom. The number of aromatic nitrogens is 2. The van der Waals surface area contributed by atoms with Crippen molar-refractivity contribution in [3.63, 3.8) is 0 Å². The van der Waals surface area contributed by atoms with Gasteiger partial charge in [-0.15, -0.1) is 0 Å². The number of amides is 1. The van der Waals surface area contributed by atoms with Crippen molar-refractivity contribution < 1.29 is 18.8 Å². The minimum atomic E-state index is -0.452. The van der Waals surface area contributed by atoms with Gasteiger partial charge in [0.1, 0.15) is 0 Å². The van der Waals surface area contributed by atoms with Crippen molar-refractivity contribution in [2.24, 2.45) is 0 Å². The maximum absolute atomic E-state index is 12.1. The maximum Gasteiger partial charge on any atom is 0.308 e. The van der Waals surface area contributed by atoms with Crippen LogP contribution in [-0.4, -0.2) is 28.6 Å². The van der Waals surface area contributed by atoms with E-state index >= 15 is 0 Å². The summed E-state index contributed by atoms with van der Waals surface area (Å²) in [7, 11) is 0. The second-order valence-corrected chi connectivity index (χ2v) is 6.36. The molecule has 1 amide bonds. The Hall–Kier alpha value is -3.48. The molecule has 7 nitrogen and oxygen atoms in total. The predicted octanol–water partition coefficient (Wildman–Crippen LogP) is 3.22. The second kappa shape index (κ2) is 8.94. The van der Waals surface area contributed by atoms with Crippen molar-refractivity contribution in [3.8, 4) is 11.5 Å². The van der Waals surface area contributed by atoms with Crippen molar-refractivity contribution in [2.45, 2.75) is 26.9 Å². The first-order valence-corrected chi connectivity index (χ1v) is 8.92. The molecule has 1 aromatic heterocycles. The lowest BCUT2D eigenvalue weighted by atomic mass is 10.1. The summed E-state index contributed by atoms with van der Waals surface area (Å²) in [6.07, 6.45) is 0.0558. The summed E-state index contributed by atoms with van der Waals surface area (Å²) in [5, 5.41) is 6.52. The quantitative estimate of drug-likeness (QED) is 0.634. The number of carbonyl (C=O) groups is 2. The molecule has 0 aliphatic heterocycles. The molecule has 7 heteroatoms.